The van der Waals surface area contributed by atoms with Crippen molar-refractivity contribution in [2.24, 2.45) is 0 Å². The second-order valence-electron chi connectivity index (χ2n) is 4.32. The highest BCUT2D eigenvalue weighted by molar-refractivity contribution is 6.33. The predicted molar refractivity (Wildman–Crippen MR) is 77.5 cm³/mol. The van der Waals surface area contributed by atoms with E-state index in [2.05, 4.69) is 5.32 Å². The molecule has 1 amide bonds. The van der Waals surface area contributed by atoms with Gasteiger partial charge in [0.1, 0.15) is 0 Å². The molecule has 0 spiro atoms. The lowest BCUT2D eigenvalue weighted by atomic mass is 10.1. The molecule has 0 fully saturated rings. The highest BCUT2D eigenvalue weighted by Crippen LogP contribution is 2.21. The highest BCUT2D eigenvalue weighted by atomic mass is 35.5. The molecule has 0 aliphatic carbocycles. The van der Waals surface area contributed by atoms with Crippen molar-refractivity contribution >= 4 is 29.2 Å². The number of nitrogens with one attached hydrogen (secondary N) is 1. The molecule has 0 bridgehead atoms. The largest absolute Gasteiger partial charge is 0.478 e. The third-order valence-corrected chi connectivity index (χ3v) is 3.10. The van der Waals surface area contributed by atoms with E-state index in [0.717, 1.165) is 5.56 Å². The molecule has 0 saturated carbocycles. The number of halogens is 1. The fraction of sp³-hybridized carbons (Fsp3) is 0.0667. The molecule has 2 rings (SSSR count). The van der Waals surface area contributed by atoms with Crippen LogP contribution in [0.3, 0.4) is 0 Å². The number of hydrogen-bond acceptors (Lipinski definition) is 2. The second-order valence-corrected chi connectivity index (χ2v) is 4.73. The lowest BCUT2D eigenvalue weighted by molar-refractivity contribution is 0.0696. The van der Waals surface area contributed by atoms with Crippen LogP contribution < -0.4 is 5.32 Å². The van der Waals surface area contributed by atoms with Crippen LogP contribution in [-0.4, -0.2) is 17.0 Å². The number of rotatable bonds is 3. The first-order chi connectivity index (χ1) is 9.47. The van der Waals surface area contributed by atoms with Crippen molar-refractivity contribution in [1.29, 1.82) is 0 Å². The number of carboxylic acid groups (broad SMARTS) is 1. The van der Waals surface area contributed by atoms with Crippen molar-refractivity contribution in [3.8, 4) is 0 Å². The van der Waals surface area contributed by atoms with E-state index in [1.807, 2.05) is 19.1 Å². The van der Waals surface area contributed by atoms with E-state index in [-0.39, 0.29) is 16.5 Å². The Morgan fingerprint density at radius 2 is 1.75 bits per heavy atom. The number of benzene rings is 2. The molecule has 4 nitrogen and oxygen atoms in total. The van der Waals surface area contributed by atoms with E-state index < -0.39 is 5.97 Å². The van der Waals surface area contributed by atoms with Crippen LogP contribution in [-0.2, 0) is 0 Å². The van der Waals surface area contributed by atoms with Gasteiger partial charge in [-0.25, -0.2) is 4.79 Å². The SMILES string of the molecule is Cc1ccc(C(=O)Nc2ccc(Cl)c(C(=O)O)c2)cc1. The Morgan fingerprint density at radius 3 is 2.35 bits per heavy atom. The zero-order valence-electron chi connectivity index (χ0n) is 10.7. The first-order valence-corrected chi connectivity index (χ1v) is 6.26. The Morgan fingerprint density at radius 1 is 1.10 bits per heavy atom. The van der Waals surface area contributed by atoms with Gasteiger partial charge in [-0.2, -0.15) is 0 Å². The van der Waals surface area contributed by atoms with Crippen molar-refractivity contribution < 1.29 is 14.7 Å². The van der Waals surface area contributed by atoms with Gasteiger partial charge in [-0.05, 0) is 37.3 Å². The summed E-state index contributed by atoms with van der Waals surface area (Å²) in [5.74, 6) is -1.44. The molecule has 0 saturated heterocycles. The third kappa shape index (κ3) is 3.16. The molecule has 5 heteroatoms. The van der Waals surface area contributed by atoms with E-state index in [4.69, 9.17) is 16.7 Å². The van der Waals surface area contributed by atoms with E-state index in [1.54, 1.807) is 18.2 Å². The molecule has 2 N–H and O–H groups in total. The summed E-state index contributed by atoms with van der Waals surface area (Å²) in [6.07, 6.45) is 0. The number of hydrogen-bond donors (Lipinski definition) is 2. The number of anilines is 1. The minimum absolute atomic E-state index is 0.0478. The van der Waals surface area contributed by atoms with Gasteiger partial charge in [-0.3, -0.25) is 4.79 Å². The predicted octanol–water partition coefficient (Wildman–Crippen LogP) is 3.60. The molecular formula is C15H12ClNO3. The molecule has 0 atom stereocenters. The van der Waals surface area contributed by atoms with Gasteiger partial charge < -0.3 is 10.4 Å². The molecule has 0 aliphatic heterocycles. The summed E-state index contributed by atoms with van der Waals surface area (Å²) in [6, 6.07) is 11.4. The monoisotopic (exact) mass is 289 g/mol. The first kappa shape index (κ1) is 14.1. The fourth-order valence-corrected chi connectivity index (χ4v) is 1.87. The fourth-order valence-electron chi connectivity index (χ4n) is 1.68. The summed E-state index contributed by atoms with van der Waals surface area (Å²) in [7, 11) is 0. The van der Waals surface area contributed by atoms with E-state index >= 15 is 0 Å². The van der Waals surface area contributed by atoms with Crippen molar-refractivity contribution in [3.63, 3.8) is 0 Å². The van der Waals surface area contributed by atoms with Crippen LogP contribution in [0.4, 0.5) is 5.69 Å². The standard InChI is InChI=1S/C15H12ClNO3/c1-9-2-4-10(5-3-9)14(18)17-11-6-7-13(16)12(8-11)15(19)20/h2-8H,1H3,(H,17,18)(H,19,20). The van der Waals surface area contributed by atoms with Gasteiger partial charge in [-0.1, -0.05) is 29.3 Å². The van der Waals surface area contributed by atoms with E-state index in [1.165, 1.54) is 12.1 Å². The molecule has 2 aromatic carbocycles. The summed E-state index contributed by atoms with van der Waals surface area (Å²) < 4.78 is 0. The van der Waals surface area contributed by atoms with Gasteiger partial charge in [-0.15, -0.1) is 0 Å². The van der Waals surface area contributed by atoms with E-state index in [9.17, 15) is 9.59 Å². The van der Waals surface area contributed by atoms with Crippen LogP contribution in [0, 0.1) is 6.92 Å². The lowest BCUT2D eigenvalue weighted by Crippen LogP contribution is -2.12. The van der Waals surface area contributed by atoms with Gasteiger partial charge >= 0.3 is 5.97 Å². The van der Waals surface area contributed by atoms with Crippen LogP contribution in [0.5, 0.6) is 0 Å². The molecule has 102 valence electrons. The van der Waals surface area contributed by atoms with Crippen LogP contribution in [0.25, 0.3) is 0 Å². The van der Waals surface area contributed by atoms with Crippen LogP contribution >= 0.6 is 11.6 Å². The third-order valence-electron chi connectivity index (χ3n) is 2.77. The number of carboxylic acids is 1. The van der Waals surface area contributed by atoms with Gasteiger partial charge in [0, 0.05) is 11.3 Å². The molecule has 0 aromatic heterocycles. The second kappa shape index (κ2) is 5.75. The van der Waals surface area contributed by atoms with Crippen molar-refractivity contribution in [2.45, 2.75) is 6.92 Å². The molecule has 0 heterocycles. The average molecular weight is 290 g/mol. The smallest absolute Gasteiger partial charge is 0.337 e. The topological polar surface area (TPSA) is 66.4 Å². The molecule has 0 aliphatic rings. The van der Waals surface area contributed by atoms with E-state index in [0.29, 0.717) is 11.3 Å². The minimum atomic E-state index is -1.14. The molecule has 2 aromatic rings. The average Bonchev–Trinajstić information content (AvgIpc) is 2.41. The van der Waals surface area contributed by atoms with Crippen LogP contribution in [0.1, 0.15) is 26.3 Å². The van der Waals surface area contributed by atoms with Crippen molar-refractivity contribution in [3.05, 3.63) is 64.2 Å². The quantitative estimate of drug-likeness (QED) is 0.907. The maximum absolute atomic E-state index is 12.0. The Labute approximate surface area is 121 Å². The van der Waals surface area contributed by atoms with Gasteiger partial charge in [0.05, 0.1) is 10.6 Å². The molecule has 0 unspecified atom stereocenters. The van der Waals surface area contributed by atoms with Gasteiger partial charge in [0.15, 0.2) is 0 Å². The Hall–Kier alpha value is -2.33. The number of amides is 1. The maximum atomic E-state index is 12.0. The summed E-state index contributed by atoms with van der Waals surface area (Å²) in [4.78, 5) is 23.0. The zero-order valence-corrected chi connectivity index (χ0v) is 11.4. The van der Waals surface area contributed by atoms with Crippen LogP contribution in [0.2, 0.25) is 5.02 Å². The van der Waals surface area contributed by atoms with Crippen molar-refractivity contribution in [2.75, 3.05) is 5.32 Å². The minimum Gasteiger partial charge on any atom is -0.478 e. The Balaban J connectivity index is 2.21. The number of carbonyl (C=O) groups is 2. The molecular weight excluding hydrogens is 278 g/mol. The normalized spacial score (nSPS) is 10.1. The summed E-state index contributed by atoms with van der Waals surface area (Å²) in [6.45, 7) is 1.93. The Kier molecular flexibility index (Phi) is 4.05. The first-order valence-electron chi connectivity index (χ1n) is 5.88. The highest BCUT2D eigenvalue weighted by Gasteiger charge is 2.11. The van der Waals surface area contributed by atoms with Gasteiger partial charge in [0.25, 0.3) is 5.91 Å². The molecule has 20 heavy (non-hydrogen) atoms. The van der Waals surface area contributed by atoms with Crippen molar-refractivity contribution in [1.82, 2.24) is 0 Å². The zero-order chi connectivity index (χ0) is 14.7. The summed E-state index contributed by atoms with van der Waals surface area (Å²) in [5, 5.41) is 11.7. The Bertz CT molecular complexity index is 665. The molecule has 0 radical (unpaired) electrons. The summed E-state index contributed by atoms with van der Waals surface area (Å²) >= 11 is 5.77. The van der Waals surface area contributed by atoms with Gasteiger partial charge in [0.2, 0.25) is 0 Å². The summed E-state index contributed by atoms with van der Waals surface area (Å²) in [5.41, 5.74) is 1.90. The maximum Gasteiger partial charge on any atom is 0.337 e. The lowest BCUT2D eigenvalue weighted by Gasteiger charge is -2.07. The van der Waals surface area contributed by atoms with Crippen LogP contribution in [0.15, 0.2) is 42.5 Å². The number of aromatic carboxylic acids is 1. The number of aryl methyl sites for hydroxylation is 1. The number of carbonyl (C=O) groups excluding carboxylic acids is 1.